The van der Waals surface area contributed by atoms with Gasteiger partial charge in [0, 0.05) is 23.7 Å². The summed E-state index contributed by atoms with van der Waals surface area (Å²) in [4.78, 5) is 26.1. The van der Waals surface area contributed by atoms with Crippen molar-refractivity contribution >= 4 is 29.2 Å². The van der Waals surface area contributed by atoms with Crippen molar-refractivity contribution in [3.05, 3.63) is 64.7 Å². The van der Waals surface area contributed by atoms with Gasteiger partial charge in [0.15, 0.2) is 0 Å². The summed E-state index contributed by atoms with van der Waals surface area (Å²) in [5.41, 5.74) is 2.77. The molecule has 4 nitrogen and oxygen atoms in total. The van der Waals surface area contributed by atoms with Crippen LogP contribution >= 0.6 is 11.6 Å². The molecule has 1 amide bonds. The summed E-state index contributed by atoms with van der Waals surface area (Å²) in [7, 11) is 0. The Labute approximate surface area is 146 Å². The van der Waals surface area contributed by atoms with E-state index in [0.717, 1.165) is 16.8 Å². The quantitative estimate of drug-likeness (QED) is 0.794. The lowest BCUT2D eigenvalue weighted by molar-refractivity contribution is -0.149. The molecule has 1 fully saturated rings. The van der Waals surface area contributed by atoms with E-state index in [0.29, 0.717) is 11.6 Å². The zero-order valence-corrected chi connectivity index (χ0v) is 14.1. The van der Waals surface area contributed by atoms with E-state index in [2.05, 4.69) is 0 Å². The molecule has 0 N–H and O–H groups in total. The van der Waals surface area contributed by atoms with E-state index in [9.17, 15) is 9.59 Å². The first kappa shape index (κ1) is 16.5. The molecule has 0 aromatic heterocycles. The molecule has 2 aromatic rings. The lowest BCUT2D eigenvalue weighted by atomic mass is 10.1. The highest BCUT2D eigenvalue weighted by atomic mass is 35.5. The maximum Gasteiger partial charge on any atom is 0.311 e. The molecule has 2 aromatic carbocycles. The summed E-state index contributed by atoms with van der Waals surface area (Å²) in [6, 6.07) is 14.9. The molecule has 1 aliphatic heterocycles. The molecule has 5 heteroatoms. The molecule has 1 heterocycles. The summed E-state index contributed by atoms with van der Waals surface area (Å²) in [6.07, 6.45) is 0.183. The van der Waals surface area contributed by atoms with Gasteiger partial charge in [0.2, 0.25) is 5.91 Å². The Kier molecular flexibility index (Phi) is 4.86. The van der Waals surface area contributed by atoms with Crippen LogP contribution in [0.4, 0.5) is 5.69 Å². The van der Waals surface area contributed by atoms with Crippen molar-refractivity contribution in [1.29, 1.82) is 0 Å². The second-order valence-electron chi connectivity index (χ2n) is 5.98. The predicted molar refractivity (Wildman–Crippen MR) is 92.9 cm³/mol. The third-order valence-corrected chi connectivity index (χ3v) is 4.31. The molecule has 0 radical (unpaired) electrons. The Hall–Kier alpha value is -2.33. The zero-order valence-electron chi connectivity index (χ0n) is 13.4. The molecular weight excluding hydrogens is 326 g/mol. The minimum absolute atomic E-state index is 0.0523. The summed E-state index contributed by atoms with van der Waals surface area (Å²) in [6.45, 7) is 2.51. The molecular formula is C19H18ClNO3. The monoisotopic (exact) mass is 343 g/mol. The maximum atomic E-state index is 12.2. The molecule has 0 bridgehead atoms. The Morgan fingerprint density at radius 1 is 1.25 bits per heavy atom. The van der Waals surface area contributed by atoms with Gasteiger partial charge in [0.25, 0.3) is 0 Å². The molecule has 1 atom stereocenters. The largest absolute Gasteiger partial charge is 0.461 e. The van der Waals surface area contributed by atoms with Crippen molar-refractivity contribution in [2.75, 3.05) is 11.4 Å². The number of aryl methyl sites for hydroxylation is 1. The highest BCUT2D eigenvalue weighted by molar-refractivity contribution is 6.30. The van der Waals surface area contributed by atoms with Crippen LogP contribution in [0.15, 0.2) is 48.5 Å². The average Bonchev–Trinajstić information content (AvgIpc) is 2.95. The Morgan fingerprint density at radius 3 is 2.71 bits per heavy atom. The normalized spacial score (nSPS) is 17.2. The number of carbonyl (C=O) groups is 2. The fourth-order valence-electron chi connectivity index (χ4n) is 2.74. The summed E-state index contributed by atoms with van der Waals surface area (Å²) < 4.78 is 5.34. The lowest BCUT2D eigenvalue weighted by Crippen LogP contribution is -2.26. The van der Waals surface area contributed by atoms with Gasteiger partial charge in [0.1, 0.15) is 6.61 Å². The Bertz CT molecular complexity index is 757. The first-order valence-electron chi connectivity index (χ1n) is 7.81. The fraction of sp³-hybridized carbons (Fsp3) is 0.263. The maximum absolute atomic E-state index is 12.2. The van der Waals surface area contributed by atoms with Crippen molar-refractivity contribution in [2.45, 2.75) is 20.0 Å². The van der Waals surface area contributed by atoms with Crippen molar-refractivity contribution < 1.29 is 14.3 Å². The molecule has 3 rings (SSSR count). The van der Waals surface area contributed by atoms with E-state index in [1.165, 1.54) is 0 Å². The van der Waals surface area contributed by atoms with Crippen molar-refractivity contribution in [2.24, 2.45) is 5.92 Å². The van der Waals surface area contributed by atoms with E-state index >= 15 is 0 Å². The number of anilines is 1. The van der Waals surface area contributed by atoms with Crippen LogP contribution in [0.1, 0.15) is 17.5 Å². The van der Waals surface area contributed by atoms with Gasteiger partial charge in [-0.05, 0) is 36.8 Å². The predicted octanol–water partition coefficient (Wildman–Crippen LogP) is 3.74. The number of hydrogen-bond donors (Lipinski definition) is 0. The van der Waals surface area contributed by atoms with Crippen LogP contribution in [0, 0.1) is 12.8 Å². The number of carbonyl (C=O) groups excluding carboxylic acids is 2. The van der Waals surface area contributed by atoms with Crippen LogP contribution in [-0.4, -0.2) is 18.4 Å². The molecule has 0 spiro atoms. The second-order valence-corrected chi connectivity index (χ2v) is 6.42. The third kappa shape index (κ3) is 3.77. The second kappa shape index (κ2) is 7.05. The lowest BCUT2D eigenvalue weighted by Gasteiger charge is -2.16. The molecule has 1 unspecified atom stereocenters. The standard InChI is InChI=1S/C19H18ClNO3/c1-13-5-7-17(8-6-13)21-11-15(10-18(21)22)19(23)24-12-14-3-2-4-16(20)9-14/h2-9,15H,10-12H2,1H3. The van der Waals surface area contributed by atoms with Crippen molar-refractivity contribution in [3.8, 4) is 0 Å². The number of ether oxygens (including phenoxy) is 1. The highest BCUT2D eigenvalue weighted by Crippen LogP contribution is 2.26. The van der Waals surface area contributed by atoms with E-state index in [1.807, 2.05) is 43.3 Å². The van der Waals surface area contributed by atoms with Crippen LogP contribution in [0.25, 0.3) is 0 Å². The number of hydrogen-bond acceptors (Lipinski definition) is 3. The van der Waals surface area contributed by atoms with Crippen LogP contribution in [-0.2, 0) is 20.9 Å². The number of benzene rings is 2. The minimum Gasteiger partial charge on any atom is -0.461 e. The Morgan fingerprint density at radius 2 is 2.00 bits per heavy atom. The van der Waals surface area contributed by atoms with Gasteiger partial charge >= 0.3 is 5.97 Å². The SMILES string of the molecule is Cc1ccc(N2CC(C(=O)OCc3cccc(Cl)c3)CC2=O)cc1. The molecule has 1 aliphatic rings. The number of esters is 1. The first-order valence-corrected chi connectivity index (χ1v) is 8.19. The van der Waals surface area contributed by atoms with Crippen molar-refractivity contribution in [1.82, 2.24) is 0 Å². The van der Waals surface area contributed by atoms with Gasteiger partial charge < -0.3 is 9.64 Å². The highest BCUT2D eigenvalue weighted by Gasteiger charge is 2.36. The molecule has 0 saturated carbocycles. The van der Waals surface area contributed by atoms with E-state index in [-0.39, 0.29) is 24.9 Å². The number of rotatable bonds is 4. The zero-order chi connectivity index (χ0) is 17.1. The number of halogens is 1. The van der Waals surface area contributed by atoms with Crippen molar-refractivity contribution in [3.63, 3.8) is 0 Å². The van der Waals surface area contributed by atoms with Gasteiger partial charge in [-0.2, -0.15) is 0 Å². The van der Waals surface area contributed by atoms with E-state index in [4.69, 9.17) is 16.3 Å². The summed E-state index contributed by atoms with van der Waals surface area (Å²) in [5, 5.41) is 0.602. The van der Waals surface area contributed by atoms with Gasteiger partial charge in [-0.25, -0.2) is 0 Å². The summed E-state index contributed by atoms with van der Waals surface area (Å²) in [5.74, 6) is -0.834. The first-order chi connectivity index (χ1) is 11.5. The average molecular weight is 344 g/mol. The van der Waals surface area contributed by atoms with Gasteiger partial charge in [-0.15, -0.1) is 0 Å². The van der Waals surface area contributed by atoms with Crippen LogP contribution in [0.3, 0.4) is 0 Å². The summed E-state index contributed by atoms with van der Waals surface area (Å²) >= 11 is 5.91. The van der Waals surface area contributed by atoms with E-state index < -0.39 is 5.92 Å². The van der Waals surface area contributed by atoms with Gasteiger partial charge in [-0.3, -0.25) is 9.59 Å². The number of amides is 1. The number of nitrogens with zero attached hydrogens (tertiary/aromatic N) is 1. The molecule has 0 aliphatic carbocycles. The van der Waals surface area contributed by atoms with E-state index in [1.54, 1.807) is 17.0 Å². The van der Waals surface area contributed by atoms with Crippen LogP contribution in [0.2, 0.25) is 5.02 Å². The topological polar surface area (TPSA) is 46.6 Å². The van der Waals surface area contributed by atoms with Gasteiger partial charge in [-0.1, -0.05) is 41.4 Å². The fourth-order valence-corrected chi connectivity index (χ4v) is 2.95. The Balaban J connectivity index is 1.60. The third-order valence-electron chi connectivity index (χ3n) is 4.07. The molecule has 1 saturated heterocycles. The van der Waals surface area contributed by atoms with Gasteiger partial charge in [0.05, 0.1) is 5.92 Å². The molecule has 24 heavy (non-hydrogen) atoms. The van der Waals surface area contributed by atoms with Crippen LogP contribution in [0.5, 0.6) is 0 Å². The molecule has 124 valence electrons. The minimum atomic E-state index is -0.432. The smallest absolute Gasteiger partial charge is 0.311 e. The van der Waals surface area contributed by atoms with Crippen LogP contribution < -0.4 is 4.90 Å².